The molecular weight excluding hydrogens is 554 g/mol. The van der Waals surface area contributed by atoms with Crippen molar-refractivity contribution >= 4 is 39.2 Å². The molecular formula is C33H35NO7S. The standard InChI is InChI=1S/C33H35NO7S/c1-6-38-32(37)29-24-13-7-19(2)15-27(24)42-31(29)34-28(35)18-39-22-12-14-23-25(16-22)40-17-26(30(23)36)41-21-10-8-20(9-11-21)33(3,4)5/h8-12,14,16-17,19H,6-7,13,15,18H2,1-5H3,(H,34,35). The van der Waals surface area contributed by atoms with Gasteiger partial charge >= 0.3 is 5.97 Å². The summed E-state index contributed by atoms with van der Waals surface area (Å²) in [7, 11) is 0. The SMILES string of the molecule is CCOC(=O)c1c(NC(=O)COc2ccc3c(=O)c(Oc4ccc(C(C)(C)C)cc4)coc3c2)sc2c1CCC(C)C2. The Morgan fingerprint density at radius 2 is 1.83 bits per heavy atom. The number of carbonyl (C=O) groups is 2. The number of esters is 1. The van der Waals surface area contributed by atoms with Crippen LogP contribution in [0.5, 0.6) is 17.2 Å². The van der Waals surface area contributed by atoms with Crippen molar-refractivity contribution in [2.24, 2.45) is 5.92 Å². The van der Waals surface area contributed by atoms with Gasteiger partial charge in [0.05, 0.1) is 17.6 Å². The average Bonchev–Trinajstić information content (AvgIpc) is 3.30. The molecule has 0 saturated carbocycles. The van der Waals surface area contributed by atoms with Gasteiger partial charge in [-0.05, 0) is 72.9 Å². The number of ether oxygens (including phenoxy) is 3. The maximum Gasteiger partial charge on any atom is 0.341 e. The minimum atomic E-state index is -0.421. The van der Waals surface area contributed by atoms with Crippen molar-refractivity contribution in [3.63, 3.8) is 0 Å². The van der Waals surface area contributed by atoms with Crippen molar-refractivity contribution in [2.75, 3.05) is 18.5 Å². The summed E-state index contributed by atoms with van der Waals surface area (Å²) >= 11 is 1.43. The molecule has 2 heterocycles. The number of hydrogen-bond acceptors (Lipinski definition) is 8. The maximum absolute atomic E-state index is 13.1. The molecule has 2 aromatic heterocycles. The molecule has 1 amide bonds. The van der Waals surface area contributed by atoms with Crippen molar-refractivity contribution in [3.05, 3.63) is 80.5 Å². The van der Waals surface area contributed by atoms with E-state index in [0.29, 0.717) is 39.0 Å². The fraction of sp³-hybridized carbons (Fsp3) is 0.364. The first-order valence-electron chi connectivity index (χ1n) is 14.1. The second-order valence-electron chi connectivity index (χ2n) is 11.6. The molecule has 1 aliphatic rings. The lowest BCUT2D eigenvalue weighted by Gasteiger charge is -2.19. The third-order valence-corrected chi connectivity index (χ3v) is 8.45. The van der Waals surface area contributed by atoms with Crippen molar-refractivity contribution < 1.29 is 28.2 Å². The van der Waals surface area contributed by atoms with Crippen molar-refractivity contribution in [1.82, 2.24) is 0 Å². The van der Waals surface area contributed by atoms with Gasteiger partial charge in [-0.1, -0.05) is 39.8 Å². The van der Waals surface area contributed by atoms with E-state index >= 15 is 0 Å². The van der Waals surface area contributed by atoms with Gasteiger partial charge in [-0.2, -0.15) is 0 Å². The Morgan fingerprint density at radius 1 is 1.10 bits per heavy atom. The Labute approximate surface area is 248 Å². The van der Waals surface area contributed by atoms with Crippen LogP contribution in [0.25, 0.3) is 11.0 Å². The maximum atomic E-state index is 13.1. The van der Waals surface area contributed by atoms with Gasteiger partial charge in [-0.3, -0.25) is 9.59 Å². The van der Waals surface area contributed by atoms with Gasteiger partial charge in [0.1, 0.15) is 28.3 Å². The zero-order valence-corrected chi connectivity index (χ0v) is 25.3. The highest BCUT2D eigenvalue weighted by molar-refractivity contribution is 7.17. The van der Waals surface area contributed by atoms with Crippen LogP contribution in [0.3, 0.4) is 0 Å². The lowest BCUT2D eigenvalue weighted by atomic mass is 9.87. The quantitative estimate of drug-likeness (QED) is 0.216. The number of hydrogen-bond donors (Lipinski definition) is 1. The summed E-state index contributed by atoms with van der Waals surface area (Å²) in [6, 6.07) is 12.3. The number of thiophene rings is 1. The van der Waals surface area contributed by atoms with Gasteiger partial charge in [-0.15, -0.1) is 11.3 Å². The van der Waals surface area contributed by atoms with Crippen LogP contribution in [-0.2, 0) is 27.8 Å². The van der Waals surface area contributed by atoms with Crippen molar-refractivity contribution in [3.8, 4) is 17.2 Å². The van der Waals surface area contributed by atoms with Crippen LogP contribution in [0.4, 0.5) is 5.00 Å². The first-order valence-corrected chi connectivity index (χ1v) is 14.9. The smallest absolute Gasteiger partial charge is 0.341 e. The van der Waals surface area contributed by atoms with E-state index in [2.05, 4.69) is 33.0 Å². The molecule has 1 N–H and O–H groups in total. The normalized spacial score (nSPS) is 14.7. The summed E-state index contributed by atoms with van der Waals surface area (Å²) in [6.45, 7) is 10.3. The highest BCUT2D eigenvalue weighted by Crippen LogP contribution is 2.40. The number of rotatable bonds is 8. The second kappa shape index (κ2) is 12.0. The Bertz CT molecular complexity index is 1680. The fourth-order valence-electron chi connectivity index (χ4n) is 4.97. The molecule has 1 aliphatic carbocycles. The molecule has 0 bridgehead atoms. The topological polar surface area (TPSA) is 104 Å². The van der Waals surface area contributed by atoms with E-state index in [4.69, 9.17) is 18.6 Å². The van der Waals surface area contributed by atoms with E-state index in [1.165, 1.54) is 17.6 Å². The van der Waals surface area contributed by atoms with Crippen LogP contribution in [0.15, 0.2) is 57.9 Å². The molecule has 0 spiro atoms. The minimum Gasteiger partial charge on any atom is -0.484 e. The lowest BCUT2D eigenvalue weighted by Crippen LogP contribution is -2.21. The van der Waals surface area contributed by atoms with Gasteiger partial charge in [0.25, 0.3) is 5.91 Å². The number of carbonyl (C=O) groups excluding carboxylic acids is 2. The summed E-state index contributed by atoms with van der Waals surface area (Å²) in [6.07, 6.45) is 3.92. The molecule has 0 aliphatic heterocycles. The lowest BCUT2D eigenvalue weighted by molar-refractivity contribution is -0.118. The van der Waals surface area contributed by atoms with E-state index < -0.39 is 11.9 Å². The molecule has 42 heavy (non-hydrogen) atoms. The van der Waals surface area contributed by atoms with Gasteiger partial charge < -0.3 is 23.9 Å². The third-order valence-electron chi connectivity index (χ3n) is 7.28. The summed E-state index contributed by atoms with van der Waals surface area (Å²) in [5.74, 6) is 0.661. The predicted octanol–water partition coefficient (Wildman–Crippen LogP) is 7.26. The van der Waals surface area contributed by atoms with Gasteiger partial charge in [0.15, 0.2) is 6.61 Å². The third kappa shape index (κ3) is 6.36. The molecule has 0 saturated heterocycles. The van der Waals surface area contributed by atoms with Crippen LogP contribution in [0.2, 0.25) is 0 Å². The average molecular weight is 590 g/mol. The largest absolute Gasteiger partial charge is 0.484 e. The minimum absolute atomic E-state index is 0.00870. The number of amides is 1. The Morgan fingerprint density at radius 3 is 2.55 bits per heavy atom. The molecule has 9 heteroatoms. The Hall–Kier alpha value is -4.11. The van der Waals surface area contributed by atoms with Crippen LogP contribution in [0.1, 0.15) is 67.4 Å². The molecule has 4 aromatic rings. The van der Waals surface area contributed by atoms with E-state index in [1.807, 2.05) is 24.3 Å². The zero-order valence-electron chi connectivity index (χ0n) is 24.5. The predicted molar refractivity (Wildman–Crippen MR) is 163 cm³/mol. The first-order chi connectivity index (χ1) is 20.0. The van der Waals surface area contributed by atoms with Crippen LogP contribution in [-0.4, -0.2) is 25.1 Å². The summed E-state index contributed by atoms with van der Waals surface area (Å²) < 4.78 is 22.5. The highest BCUT2D eigenvalue weighted by atomic mass is 32.1. The molecule has 8 nitrogen and oxygen atoms in total. The van der Waals surface area contributed by atoms with E-state index in [9.17, 15) is 14.4 Å². The number of fused-ring (bicyclic) bond motifs is 2. The molecule has 1 unspecified atom stereocenters. The van der Waals surface area contributed by atoms with E-state index in [1.54, 1.807) is 25.1 Å². The Kier molecular flexibility index (Phi) is 8.41. The molecule has 5 rings (SSSR count). The van der Waals surface area contributed by atoms with Gasteiger partial charge in [-0.25, -0.2) is 4.79 Å². The highest BCUT2D eigenvalue weighted by Gasteiger charge is 2.29. The monoisotopic (exact) mass is 589 g/mol. The first kappa shape index (κ1) is 29.4. The molecule has 220 valence electrons. The van der Waals surface area contributed by atoms with Crippen LogP contribution < -0.4 is 20.2 Å². The number of nitrogens with one attached hydrogen (secondary N) is 1. The fourth-order valence-corrected chi connectivity index (χ4v) is 6.39. The Balaban J connectivity index is 1.26. The summed E-state index contributed by atoms with van der Waals surface area (Å²) in [5, 5.41) is 3.66. The molecule has 0 radical (unpaired) electrons. The molecule has 2 aromatic carbocycles. The van der Waals surface area contributed by atoms with Crippen molar-refractivity contribution in [1.29, 1.82) is 0 Å². The van der Waals surface area contributed by atoms with Gasteiger partial charge in [0, 0.05) is 10.9 Å². The van der Waals surface area contributed by atoms with Crippen LogP contribution in [0, 0.1) is 5.92 Å². The van der Waals surface area contributed by atoms with Crippen molar-refractivity contribution in [2.45, 2.75) is 59.3 Å². The van der Waals surface area contributed by atoms with Gasteiger partial charge in [0.2, 0.25) is 11.2 Å². The zero-order chi connectivity index (χ0) is 30.0. The molecule has 1 atom stereocenters. The van der Waals surface area contributed by atoms with Crippen LogP contribution >= 0.6 is 11.3 Å². The molecule has 0 fully saturated rings. The number of benzene rings is 2. The summed E-state index contributed by atoms with van der Waals surface area (Å²) in [5.41, 5.74) is 2.58. The second-order valence-corrected chi connectivity index (χ2v) is 12.7. The van der Waals surface area contributed by atoms with E-state index in [0.717, 1.165) is 35.3 Å². The number of anilines is 1. The van der Waals surface area contributed by atoms with E-state index in [-0.39, 0.29) is 29.8 Å². The summed E-state index contributed by atoms with van der Waals surface area (Å²) in [4.78, 5) is 39.7.